The maximum absolute atomic E-state index is 12.6. The summed E-state index contributed by atoms with van der Waals surface area (Å²) in [6.45, 7) is 0.615. The van der Waals surface area contributed by atoms with Crippen molar-refractivity contribution in [3.8, 4) is 11.5 Å². The lowest BCUT2D eigenvalue weighted by Crippen LogP contribution is -2.13. The van der Waals surface area contributed by atoms with Crippen molar-refractivity contribution in [3.05, 3.63) is 84.1 Å². The van der Waals surface area contributed by atoms with Gasteiger partial charge in [-0.15, -0.1) is 0 Å². The van der Waals surface area contributed by atoms with E-state index in [4.69, 9.17) is 9.47 Å². The van der Waals surface area contributed by atoms with Crippen molar-refractivity contribution in [2.24, 2.45) is 0 Å². The number of fused-ring (bicyclic) bond motifs is 1. The predicted octanol–water partition coefficient (Wildman–Crippen LogP) is 4.35. The number of amides is 1. The highest BCUT2D eigenvalue weighted by Crippen LogP contribution is 2.23. The summed E-state index contributed by atoms with van der Waals surface area (Å²) in [5, 5.41) is 9.69. The van der Waals surface area contributed by atoms with Gasteiger partial charge < -0.3 is 14.8 Å². The van der Waals surface area contributed by atoms with Crippen LogP contribution in [0.15, 0.2) is 72.9 Å². The smallest absolute Gasteiger partial charge is 0.257 e. The topological polar surface area (TPSA) is 65.4 Å². The summed E-state index contributed by atoms with van der Waals surface area (Å²) in [5.41, 5.74) is 1.60. The fourth-order valence-corrected chi connectivity index (χ4v) is 3.25. The molecule has 0 atom stereocenters. The molecule has 0 saturated carbocycles. The molecule has 0 fully saturated rings. The summed E-state index contributed by atoms with van der Waals surface area (Å²) < 4.78 is 12.3. The molecule has 1 amide bonds. The van der Waals surface area contributed by atoms with Crippen LogP contribution in [0.1, 0.15) is 15.9 Å². The van der Waals surface area contributed by atoms with Crippen LogP contribution in [0, 0.1) is 0 Å². The average Bonchev–Trinajstić information content (AvgIpc) is 3.20. The zero-order chi connectivity index (χ0) is 20.2. The number of carbonyl (C=O) groups is 1. The van der Waals surface area contributed by atoms with Gasteiger partial charge in [-0.2, -0.15) is 5.10 Å². The van der Waals surface area contributed by atoms with E-state index in [1.165, 1.54) is 16.3 Å². The number of benzene rings is 3. The Morgan fingerprint density at radius 1 is 0.966 bits per heavy atom. The molecule has 0 aliphatic rings. The third-order valence-corrected chi connectivity index (χ3v) is 4.71. The number of hydrogen-bond donors (Lipinski definition) is 1. The maximum Gasteiger partial charge on any atom is 0.257 e. The minimum Gasteiger partial charge on any atom is -0.497 e. The van der Waals surface area contributed by atoms with Crippen LogP contribution in [0.5, 0.6) is 11.5 Å². The lowest BCUT2D eigenvalue weighted by molar-refractivity contribution is 0.102. The first kappa shape index (κ1) is 18.6. The predicted molar refractivity (Wildman–Crippen MR) is 113 cm³/mol. The Morgan fingerprint density at radius 2 is 1.69 bits per heavy atom. The van der Waals surface area contributed by atoms with E-state index >= 15 is 0 Å². The van der Waals surface area contributed by atoms with Crippen LogP contribution in [0.3, 0.4) is 0 Å². The van der Waals surface area contributed by atoms with E-state index < -0.39 is 0 Å². The molecular formula is C23H21N3O3. The number of aromatic nitrogens is 2. The lowest BCUT2D eigenvalue weighted by Gasteiger charge is -2.08. The van der Waals surface area contributed by atoms with E-state index in [2.05, 4.69) is 34.7 Å². The van der Waals surface area contributed by atoms with Gasteiger partial charge in [-0.1, -0.05) is 42.5 Å². The SMILES string of the molecule is COc1cc(OC)cc(C(=O)Nc2ccn(Cc3cccc4ccccc34)n2)c1. The van der Waals surface area contributed by atoms with Crippen LogP contribution >= 0.6 is 0 Å². The number of hydrogen-bond acceptors (Lipinski definition) is 4. The summed E-state index contributed by atoms with van der Waals surface area (Å²) >= 11 is 0. The molecule has 146 valence electrons. The van der Waals surface area contributed by atoms with Gasteiger partial charge in [0.05, 0.1) is 20.8 Å². The second kappa shape index (κ2) is 8.06. The van der Waals surface area contributed by atoms with Gasteiger partial charge in [0.25, 0.3) is 5.91 Å². The Kier molecular flexibility index (Phi) is 5.16. The van der Waals surface area contributed by atoms with Crippen LogP contribution < -0.4 is 14.8 Å². The first-order valence-electron chi connectivity index (χ1n) is 9.21. The highest BCUT2D eigenvalue weighted by atomic mass is 16.5. The summed E-state index contributed by atoms with van der Waals surface area (Å²) in [6.07, 6.45) is 1.85. The van der Waals surface area contributed by atoms with E-state index in [-0.39, 0.29) is 5.91 Å². The van der Waals surface area contributed by atoms with Gasteiger partial charge in [0.15, 0.2) is 5.82 Å². The number of carbonyl (C=O) groups excluding carboxylic acids is 1. The van der Waals surface area contributed by atoms with Gasteiger partial charge in [-0.3, -0.25) is 9.48 Å². The van der Waals surface area contributed by atoms with Crippen molar-refractivity contribution in [3.63, 3.8) is 0 Å². The third-order valence-electron chi connectivity index (χ3n) is 4.71. The first-order valence-corrected chi connectivity index (χ1v) is 9.21. The Bertz CT molecular complexity index is 1140. The van der Waals surface area contributed by atoms with E-state index in [1.807, 2.05) is 29.1 Å². The van der Waals surface area contributed by atoms with Crippen LogP contribution in [-0.2, 0) is 6.54 Å². The molecule has 4 aromatic rings. The molecule has 0 bridgehead atoms. The molecule has 6 nitrogen and oxygen atoms in total. The zero-order valence-electron chi connectivity index (χ0n) is 16.3. The normalized spacial score (nSPS) is 10.7. The summed E-state index contributed by atoms with van der Waals surface area (Å²) in [7, 11) is 3.09. The second-order valence-corrected chi connectivity index (χ2v) is 6.59. The molecule has 0 unspecified atom stereocenters. The fraction of sp³-hybridized carbons (Fsp3) is 0.130. The van der Waals surface area contributed by atoms with E-state index in [0.29, 0.717) is 29.4 Å². The van der Waals surface area contributed by atoms with Crippen molar-refractivity contribution >= 4 is 22.5 Å². The molecule has 0 radical (unpaired) electrons. The van der Waals surface area contributed by atoms with Crippen LogP contribution in [0.2, 0.25) is 0 Å². The molecule has 1 aromatic heterocycles. The van der Waals surface area contributed by atoms with E-state index in [1.54, 1.807) is 38.5 Å². The number of ether oxygens (including phenoxy) is 2. The highest BCUT2D eigenvalue weighted by molar-refractivity contribution is 6.04. The zero-order valence-corrected chi connectivity index (χ0v) is 16.3. The number of nitrogens with one attached hydrogen (secondary N) is 1. The maximum atomic E-state index is 12.6. The summed E-state index contributed by atoms with van der Waals surface area (Å²) in [4.78, 5) is 12.6. The molecule has 0 aliphatic carbocycles. The monoisotopic (exact) mass is 387 g/mol. The summed E-state index contributed by atoms with van der Waals surface area (Å²) in [5.74, 6) is 1.31. The third kappa shape index (κ3) is 4.06. The Hall–Kier alpha value is -3.80. The van der Waals surface area contributed by atoms with Gasteiger partial charge in [-0.25, -0.2) is 0 Å². The molecule has 0 aliphatic heterocycles. The van der Waals surface area contributed by atoms with Crippen molar-refractivity contribution in [1.29, 1.82) is 0 Å². The molecular weight excluding hydrogens is 366 g/mol. The van der Waals surface area contributed by atoms with Crippen molar-refractivity contribution < 1.29 is 14.3 Å². The fourth-order valence-electron chi connectivity index (χ4n) is 3.25. The standard InChI is InChI=1S/C23H21N3O3/c1-28-19-12-18(13-20(14-19)29-2)23(27)24-22-10-11-26(25-22)15-17-8-5-7-16-6-3-4-9-21(16)17/h3-14H,15H2,1-2H3,(H,24,25,27). The van der Waals surface area contributed by atoms with E-state index in [0.717, 1.165) is 0 Å². The highest BCUT2D eigenvalue weighted by Gasteiger charge is 2.12. The van der Waals surface area contributed by atoms with Crippen LogP contribution in [-0.4, -0.2) is 29.9 Å². The largest absolute Gasteiger partial charge is 0.497 e. The van der Waals surface area contributed by atoms with Crippen LogP contribution in [0.25, 0.3) is 10.8 Å². The Morgan fingerprint density at radius 3 is 2.45 bits per heavy atom. The molecule has 3 aromatic carbocycles. The van der Waals surface area contributed by atoms with Crippen molar-refractivity contribution in [1.82, 2.24) is 9.78 Å². The Balaban J connectivity index is 1.51. The minimum absolute atomic E-state index is 0.280. The lowest BCUT2D eigenvalue weighted by atomic mass is 10.0. The molecule has 0 saturated heterocycles. The molecule has 1 heterocycles. The van der Waals surface area contributed by atoms with Crippen LogP contribution in [0.4, 0.5) is 5.82 Å². The number of nitrogens with zero attached hydrogens (tertiary/aromatic N) is 2. The first-order chi connectivity index (χ1) is 14.2. The number of anilines is 1. The van der Waals surface area contributed by atoms with Gasteiger partial charge >= 0.3 is 0 Å². The number of rotatable bonds is 6. The van der Waals surface area contributed by atoms with Gasteiger partial charge in [-0.05, 0) is 28.5 Å². The molecule has 6 heteroatoms. The molecule has 0 spiro atoms. The summed E-state index contributed by atoms with van der Waals surface area (Å²) in [6, 6.07) is 21.3. The average molecular weight is 387 g/mol. The quantitative estimate of drug-likeness (QED) is 0.534. The minimum atomic E-state index is -0.280. The van der Waals surface area contributed by atoms with Crippen molar-refractivity contribution in [2.45, 2.75) is 6.54 Å². The van der Waals surface area contributed by atoms with Crippen molar-refractivity contribution in [2.75, 3.05) is 19.5 Å². The van der Waals surface area contributed by atoms with E-state index in [9.17, 15) is 4.79 Å². The van der Waals surface area contributed by atoms with Gasteiger partial charge in [0.2, 0.25) is 0 Å². The van der Waals surface area contributed by atoms with Gasteiger partial charge in [0, 0.05) is 23.9 Å². The molecule has 29 heavy (non-hydrogen) atoms. The molecule has 1 N–H and O–H groups in total. The number of methoxy groups -OCH3 is 2. The second-order valence-electron chi connectivity index (χ2n) is 6.59. The Labute approximate surface area is 168 Å². The molecule has 4 rings (SSSR count). The van der Waals surface area contributed by atoms with Gasteiger partial charge in [0.1, 0.15) is 11.5 Å².